The highest BCUT2D eigenvalue weighted by atomic mass is 32.2. The van der Waals surface area contributed by atoms with Gasteiger partial charge in [0.1, 0.15) is 15.9 Å². The lowest BCUT2D eigenvalue weighted by Crippen LogP contribution is -2.63. The van der Waals surface area contributed by atoms with Crippen LogP contribution in [0.15, 0.2) is 72.8 Å². The van der Waals surface area contributed by atoms with Gasteiger partial charge in [-0.15, -0.1) is 0 Å². The van der Waals surface area contributed by atoms with Gasteiger partial charge < -0.3 is 4.55 Å². The first-order valence-electron chi connectivity index (χ1n) is 15.6. The minimum atomic E-state index is -7.43. The molecule has 3 aromatic carbocycles. The minimum Gasteiger partial charge on any atom is -0.743 e. The Morgan fingerprint density at radius 1 is 0.521 bits per heavy atom. The van der Waals surface area contributed by atoms with E-state index < -0.39 is 41.3 Å². The summed E-state index contributed by atoms with van der Waals surface area (Å²) in [6.45, 7) is 6.80. The monoisotopic (exact) mass is 730 g/mol. The number of rotatable bonds is 15. The van der Waals surface area contributed by atoms with Crippen LogP contribution in [0.2, 0.25) is 0 Å². The second-order valence-corrected chi connectivity index (χ2v) is 15.3. The molecule has 0 aliphatic rings. The van der Waals surface area contributed by atoms with Gasteiger partial charge in [-0.3, -0.25) is 0 Å². The molecule has 3 rings (SSSR count). The number of halogens is 9. The fourth-order valence-electron chi connectivity index (χ4n) is 4.67. The molecule has 268 valence electrons. The van der Waals surface area contributed by atoms with E-state index in [0.717, 1.165) is 0 Å². The number of unbranched alkanes of at least 4 members (excludes halogenated alkanes) is 3. The topological polar surface area (TPSA) is 57.2 Å². The molecule has 0 amide bonds. The third-order valence-corrected chi connectivity index (χ3v) is 11.2. The SMILES string of the molecule is CCCCc1ccc([PH+](c2ccc(CCCC)cc2)c2ccc(CCCC)cc2)cc1.O=S(=O)([O-])C(F)(F)C(F)(F)C(F)(F)C(F)(F)F. The minimum absolute atomic E-state index is 0.987. The lowest BCUT2D eigenvalue weighted by molar-refractivity contribution is -0.382. The average molecular weight is 731 g/mol. The molecule has 3 nitrogen and oxygen atoms in total. The number of alkyl halides is 9. The van der Waals surface area contributed by atoms with Gasteiger partial charge in [0.05, 0.1) is 7.92 Å². The van der Waals surface area contributed by atoms with Gasteiger partial charge in [-0.2, -0.15) is 39.5 Å². The molecule has 0 unspecified atom stereocenters. The zero-order valence-electron chi connectivity index (χ0n) is 26.8. The van der Waals surface area contributed by atoms with Crippen LogP contribution in [0, 0.1) is 0 Å². The van der Waals surface area contributed by atoms with Crippen LogP contribution < -0.4 is 15.9 Å². The van der Waals surface area contributed by atoms with Crippen molar-refractivity contribution < 1.29 is 52.5 Å². The average Bonchev–Trinajstić information content (AvgIpc) is 3.02. The Labute approximate surface area is 277 Å². The maximum Gasteiger partial charge on any atom is 0.460 e. The highest BCUT2D eigenvalue weighted by Gasteiger charge is 2.83. The lowest BCUT2D eigenvalue weighted by atomic mass is 10.1. The molecule has 14 heteroatoms. The molecular weight excluding hydrogens is 690 g/mol. The van der Waals surface area contributed by atoms with Crippen molar-refractivity contribution in [1.29, 1.82) is 0 Å². The Hall–Kier alpha value is -2.63. The predicted molar refractivity (Wildman–Crippen MR) is 173 cm³/mol. The molecule has 0 atom stereocenters. The maximum atomic E-state index is 12.2. The predicted octanol–water partition coefficient (Wildman–Crippen LogP) is 9.16. The van der Waals surface area contributed by atoms with Crippen molar-refractivity contribution in [3.05, 3.63) is 89.5 Å². The summed E-state index contributed by atoms with van der Waals surface area (Å²) in [5, 5.41) is -2.63. The van der Waals surface area contributed by atoms with Crippen molar-refractivity contribution in [3.8, 4) is 0 Å². The zero-order valence-corrected chi connectivity index (χ0v) is 28.6. The first-order chi connectivity index (χ1) is 22.2. The molecule has 0 aromatic heterocycles. The van der Waals surface area contributed by atoms with Crippen molar-refractivity contribution >= 4 is 34.0 Å². The molecule has 0 saturated heterocycles. The van der Waals surface area contributed by atoms with E-state index in [1.165, 1.54) is 90.4 Å². The Balaban J connectivity index is 0.000000401. The molecule has 0 radical (unpaired) electrons. The third kappa shape index (κ3) is 10.2. The van der Waals surface area contributed by atoms with Gasteiger partial charge in [0.25, 0.3) is 0 Å². The Bertz CT molecular complexity index is 1390. The van der Waals surface area contributed by atoms with E-state index >= 15 is 0 Å². The number of aryl methyl sites for hydroxylation is 3. The zero-order chi connectivity index (χ0) is 36.4. The van der Waals surface area contributed by atoms with Crippen molar-refractivity contribution in [2.75, 3.05) is 0 Å². The standard InChI is InChI=1S/C30H39P.C4HF9O3S/c1-4-7-10-25-13-19-28(20-14-25)31(29-21-15-26(16-22-29)11-8-5-2)30-23-17-27(18-24-30)12-9-6-3;5-1(6,3(9,10)11)2(7,8)4(12,13)17(14,15)16/h13-24H,4-12H2,1-3H3;(H,14,15,16). The second-order valence-electron chi connectivity index (χ2n) is 11.4. The number of benzene rings is 3. The molecule has 0 saturated carbocycles. The van der Waals surface area contributed by atoms with Crippen LogP contribution in [0.1, 0.15) is 76.0 Å². The first kappa shape index (κ1) is 41.5. The van der Waals surface area contributed by atoms with Crippen LogP contribution in [0.4, 0.5) is 39.5 Å². The van der Waals surface area contributed by atoms with Crippen molar-refractivity contribution in [2.45, 2.75) is 102 Å². The van der Waals surface area contributed by atoms with Crippen molar-refractivity contribution in [2.24, 2.45) is 0 Å². The Morgan fingerprint density at radius 3 is 1.00 bits per heavy atom. The fourth-order valence-corrected chi connectivity index (χ4v) is 7.62. The molecular formula is C34H40F9O3PS. The van der Waals surface area contributed by atoms with Crippen LogP contribution in [0.5, 0.6) is 0 Å². The molecule has 0 heterocycles. The Kier molecular flexibility index (Phi) is 15.0. The largest absolute Gasteiger partial charge is 0.743 e. The first-order valence-corrected chi connectivity index (χ1v) is 18.5. The molecule has 0 aliphatic heterocycles. The maximum absolute atomic E-state index is 12.2. The Morgan fingerprint density at radius 2 is 0.792 bits per heavy atom. The molecule has 48 heavy (non-hydrogen) atoms. The summed E-state index contributed by atoms with van der Waals surface area (Å²) < 4.78 is 135. The van der Waals surface area contributed by atoms with E-state index in [4.69, 9.17) is 0 Å². The van der Waals surface area contributed by atoms with Gasteiger partial charge in [-0.1, -0.05) is 76.4 Å². The smallest absolute Gasteiger partial charge is 0.460 e. The van der Waals surface area contributed by atoms with E-state index in [1.807, 2.05) is 0 Å². The third-order valence-electron chi connectivity index (χ3n) is 7.61. The molecule has 0 fully saturated rings. The second kappa shape index (κ2) is 17.3. The lowest BCUT2D eigenvalue weighted by Gasteiger charge is -2.34. The summed E-state index contributed by atoms with van der Waals surface area (Å²) in [5.74, 6) is -14.8. The highest BCUT2D eigenvalue weighted by Crippen LogP contribution is 2.54. The van der Waals surface area contributed by atoms with Gasteiger partial charge in [-0.05, 0) is 91.6 Å². The van der Waals surface area contributed by atoms with Gasteiger partial charge in [0.15, 0.2) is 10.1 Å². The molecule has 0 bridgehead atoms. The summed E-state index contributed by atoms with van der Waals surface area (Å²) >= 11 is 0. The summed E-state index contributed by atoms with van der Waals surface area (Å²) in [6.07, 6.45) is 4.00. The van der Waals surface area contributed by atoms with Gasteiger partial charge in [0, 0.05) is 0 Å². The normalized spacial score (nSPS) is 13.0. The fraction of sp³-hybridized carbons (Fsp3) is 0.471. The van der Waals surface area contributed by atoms with E-state index in [1.54, 1.807) is 0 Å². The number of hydrogen-bond donors (Lipinski definition) is 0. The van der Waals surface area contributed by atoms with E-state index in [-0.39, 0.29) is 0 Å². The van der Waals surface area contributed by atoms with E-state index in [2.05, 4.69) is 93.6 Å². The van der Waals surface area contributed by atoms with Crippen LogP contribution in [-0.4, -0.2) is 36.2 Å². The van der Waals surface area contributed by atoms with Crippen LogP contribution >= 0.6 is 7.92 Å². The summed E-state index contributed by atoms with van der Waals surface area (Å²) in [4.78, 5) is 0. The summed E-state index contributed by atoms with van der Waals surface area (Å²) in [7, 11) is -8.40. The summed E-state index contributed by atoms with van der Waals surface area (Å²) in [5.41, 5.74) is 4.41. The van der Waals surface area contributed by atoms with Gasteiger partial charge in [0.2, 0.25) is 0 Å². The highest BCUT2D eigenvalue weighted by molar-refractivity contribution is 7.86. The van der Waals surface area contributed by atoms with Crippen LogP contribution in [0.3, 0.4) is 0 Å². The van der Waals surface area contributed by atoms with Crippen LogP contribution in [0.25, 0.3) is 0 Å². The van der Waals surface area contributed by atoms with Crippen LogP contribution in [-0.2, 0) is 29.4 Å². The summed E-state index contributed by atoms with van der Waals surface area (Å²) in [6, 6.07) is 28.6. The van der Waals surface area contributed by atoms with E-state index in [0.29, 0.717) is 0 Å². The van der Waals surface area contributed by atoms with Gasteiger partial charge >= 0.3 is 23.3 Å². The molecule has 0 spiro atoms. The van der Waals surface area contributed by atoms with Crippen molar-refractivity contribution in [3.63, 3.8) is 0 Å². The van der Waals surface area contributed by atoms with Gasteiger partial charge in [-0.25, -0.2) is 8.42 Å². The molecule has 0 aliphatic carbocycles. The van der Waals surface area contributed by atoms with E-state index in [9.17, 15) is 52.5 Å². The molecule has 3 aromatic rings. The molecule has 0 N–H and O–H groups in total. The van der Waals surface area contributed by atoms with Crippen molar-refractivity contribution in [1.82, 2.24) is 0 Å². The quantitative estimate of drug-likeness (QED) is 0.0891. The number of hydrogen-bond acceptors (Lipinski definition) is 3.